The van der Waals surface area contributed by atoms with Crippen molar-refractivity contribution in [2.24, 2.45) is 0 Å². The lowest BCUT2D eigenvalue weighted by atomic mass is 9.93. The Morgan fingerprint density at radius 2 is 1.82 bits per heavy atom. The van der Waals surface area contributed by atoms with Gasteiger partial charge in [-0.25, -0.2) is 0 Å². The van der Waals surface area contributed by atoms with Crippen molar-refractivity contribution in [2.45, 2.75) is 31.0 Å². The Bertz CT molecular complexity index is 137. The van der Waals surface area contributed by atoms with Crippen LogP contribution in [0.3, 0.4) is 0 Å². The topological polar surface area (TPSA) is 32.7 Å². The Kier molecular flexibility index (Phi) is 1.87. The SMILES string of the molecule is CN1[C@@H]2COC[C@@H]1CC(O)C2. The van der Waals surface area contributed by atoms with Crippen LogP contribution in [0, 0.1) is 0 Å². The smallest absolute Gasteiger partial charge is 0.0623 e. The summed E-state index contributed by atoms with van der Waals surface area (Å²) < 4.78 is 5.40. The third kappa shape index (κ3) is 1.28. The lowest BCUT2D eigenvalue weighted by molar-refractivity contribution is -0.0930. The Morgan fingerprint density at radius 1 is 1.27 bits per heavy atom. The molecule has 1 N–H and O–H groups in total. The van der Waals surface area contributed by atoms with Gasteiger partial charge in [-0.1, -0.05) is 0 Å². The molecule has 2 fully saturated rings. The quantitative estimate of drug-likeness (QED) is 0.530. The molecule has 0 aromatic carbocycles. The predicted molar refractivity (Wildman–Crippen MR) is 41.4 cm³/mol. The van der Waals surface area contributed by atoms with Gasteiger partial charge in [0, 0.05) is 12.1 Å². The number of aliphatic hydroxyl groups is 1. The van der Waals surface area contributed by atoms with Crippen molar-refractivity contribution in [1.29, 1.82) is 0 Å². The van der Waals surface area contributed by atoms with Gasteiger partial charge in [0.15, 0.2) is 0 Å². The molecule has 11 heavy (non-hydrogen) atoms. The fourth-order valence-electron chi connectivity index (χ4n) is 2.07. The first-order valence-corrected chi connectivity index (χ1v) is 4.25. The van der Waals surface area contributed by atoms with Gasteiger partial charge in [0.2, 0.25) is 0 Å². The molecule has 0 radical (unpaired) electrons. The Labute approximate surface area is 66.9 Å². The third-order valence-corrected chi connectivity index (χ3v) is 2.86. The zero-order valence-electron chi connectivity index (χ0n) is 6.86. The summed E-state index contributed by atoms with van der Waals surface area (Å²) in [5.74, 6) is 0. The first-order chi connectivity index (χ1) is 5.27. The number of morpholine rings is 1. The number of nitrogens with zero attached hydrogens (tertiary/aromatic N) is 1. The van der Waals surface area contributed by atoms with Gasteiger partial charge in [-0.2, -0.15) is 0 Å². The van der Waals surface area contributed by atoms with E-state index < -0.39 is 0 Å². The third-order valence-electron chi connectivity index (χ3n) is 2.86. The van der Waals surface area contributed by atoms with Crippen molar-refractivity contribution in [2.75, 3.05) is 20.3 Å². The van der Waals surface area contributed by atoms with Crippen molar-refractivity contribution in [3.05, 3.63) is 0 Å². The number of fused-ring (bicyclic) bond motifs is 2. The van der Waals surface area contributed by atoms with Crippen molar-refractivity contribution in [3.8, 4) is 0 Å². The van der Waals surface area contributed by atoms with Crippen LogP contribution < -0.4 is 0 Å². The van der Waals surface area contributed by atoms with Gasteiger partial charge in [0.05, 0.1) is 19.3 Å². The number of aliphatic hydroxyl groups excluding tert-OH is 1. The molecule has 2 heterocycles. The molecule has 3 nitrogen and oxygen atoms in total. The van der Waals surface area contributed by atoms with E-state index in [0.717, 1.165) is 26.1 Å². The van der Waals surface area contributed by atoms with E-state index in [0.29, 0.717) is 12.1 Å². The lowest BCUT2D eigenvalue weighted by Gasteiger charge is -2.45. The maximum atomic E-state index is 9.45. The molecule has 2 aliphatic heterocycles. The number of ether oxygens (including phenoxy) is 1. The highest BCUT2D eigenvalue weighted by atomic mass is 16.5. The first kappa shape index (κ1) is 7.53. The molecule has 2 bridgehead atoms. The normalized spacial score (nSPS) is 45.8. The minimum Gasteiger partial charge on any atom is -0.393 e. The fraction of sp³-hybridized carbons (Fsp3) is 1.00. The molecule has 64 valence electrons. The monoisotopic (exact) mass is 157 g/mol. The van der Waals surface area contributed by atoms with E-state index in [9.17, 15) is 5.11 Å². The van der Waals surface area contributed by atoms with Crippen LogP contribution in [-0.2, 0) is 4.74 Å². The standard InChI is InChI=1S/C8H15NO2/c1-9-6-2-8(10)3-7(9)5-11-4-6/h6-8,10H,2-5H2,1H3/t6-,7-/m0/s1. The summed E-state index contributed by atoms with van der Waals surface area (Å²) in [5.41, 5.74) is 0. The summed E-state index contributed by atoms with van der Waals surface area (Å²) in [7, 11) is 2.13. The molecule has 2 aliphatic rings. The zero-order chi connectivity index (χ0) is 7.84. The van der Waals surface area contributed by atoms with Crippen LogP contribution in [0.1, 0.15) is 12.8 Å². The van der Waals surface area contributed by atoms with Gasteiger partial charge >= 0.3 is 0 Å². The Morgan fingerprint density at radius 3 is 2.36 bits per heavy atom. The molecular weight excluding hydrogens is 142 g/mol. The number of hydrogen-bond donors (Lipinski definition) is 1. The summed E-state index contributed by atoms with van der Waals surface area (Å²) in [6.45, 7) is 1.59. The zero-order valence-corrected chi connectivity index (χ0v) is 6.86. The fourth-order valence-corrected chi connectivity index (χ4v) is 2.07. The molecule has 2 rings (SSSR count). The number of piperidine rings is 1. The average molecular weight is 157 g/mol. The second kappa shape index (κ2) is 2.73. The molecule has 0 unspecified atom stereocenters. The molecule has 3 heteroatoms. The van der Waals surface area contributed by atoms with Gasteiger partial charge in [0.1, 0.15) is 0 Å². The molecule has 0 aliphatic carbocycles. The summed E-state index contributed by atoms with van der Waals surface area (Å²) in [4.78, 5) is 2.34. The van der Waals surface area contributed by atoms with E-state index in [1.165, 1.54) is 0 Å². The second-order valence-corrected chi connectivity index (χ2v) is 3.64. The van der Waals surface area contributed by atoms with Crippen LogP contribution in [0.25, 0.3) is 0 Å². The molecule has 0 spiro atoms. The number of likely N-dealkylation sites (N-methyl/N-ethyl adjacent to an activating group) is 1. The van der Waals surface area contributed by atoms with Gasteiger partial charge in [-0.05, 0) is 19.9 Å². The van der Waals surface area contributed by atoms with E-state index in [2.05, 4.69) is 11.9 Å². The number of hydrogen-bond acceptors (Lipinski definition) is 3. The van der Waals surface area contributed by atoms with E-state index in [-0.39, 0.29) is 6.10 Å². The molecular formula is C8H15NO2. The second-order valence-electron chi connectivity index (χ2n) is 3.64. The van der Waals surface area contributed by atoms with Gasteiger partial charge in [-0.3, -0.25) is 4.90 Å². The van der Waals surface area contributed by atoms with Crippen LogP contribution >= 0.6 is 0 Å². The van der Waals surface area contributed by atoms with Crippen molar-refractivity contribution < 1.29 is 9.84 Å². The van der Waals surface area contributed by atoms with Crippen LogP contribution in [0.2, 0.25) is 0 Å². The summed E-state index contributed by atoms with van der Waals surface area (Å²) in [5, 5.41) is 9.45. The highest BCUT2D eigenvalue weighted by Gasteiger charge is 2.35. The van der Waals surface area contributed by atoms with Crippen LogP contribution in [0.5, 0.6) is 0 Å². The predicted octanol–water partition coefficient (Wildman–Crippen LogP) is -0.160. The van der Waals surface area contributed by atoms with Crippen molar-refractivity contribution in [3.63, 3.8) is 0 Å². The summed E-state index contributed by atoms with van der Waals surface area (Å²) >= 11 is 0. The van der Waals surface area contributed by atoms with Gasteiger partial charge < -0.3 is 9.84 Å². The van der Waals surface area contributed by atoms with Crippen LogP contribution in [-0.4, -0.2) is 48.5 Å². The molecule has 2 atom stereocenters. The minimum absolute atomic E-state index is 0.0925. The van der Waals surface area contributed by atoms with Crippen molar-refractivity contribution in [1.82, 2.24) is 4.90 Å². The molecule has 0 aromatic heterocycles. The Hall–Kier alpha value is -0.120. The maximum absolute atomic E-state index is 9.45. The number of rotatable bonds is 0. The Balaban J connectivity index is 2.07. The highest BCUT2D eigenvalue weighted by molar-refractivity contribution is 4.89. The molecule has 2 saturated heterocycles. The van der Waals surface area contributed by atoms with E-state index in [1.54, 1.807) is 0 Å². The average Bonchev–Trinajstić information content (AvgIpc) is 1.92. The van der Waals surface area contributed by atoms with Gasteiger partial charge in [0.25, 0.3) is 0 Å². The van der Waals surface area contributed by atoms with E-state index in [1.807, 2.05) is 0 Å². The summed E-state index contributed by atoms with van der Waals surface area (Å²) in [6.07, 6.45) is 1.67. The molecule has 0 aromatic rings. The lowest BCUT2D eigenvalue weighted by Crippen LogP contribution is -2.56. The minimum atomic E-state index is -0.0925. The van der Waals surface area contributed by atoms with Crippen LogP contribution in [0.15, 0.2) is 0 Å². The van der Waals surface area contributed by atoms with E-state index >= 15 is 0 Å². The maximum Gasteiger partial charge on any atom is 0.0623 e. The summed E-state index contributed by atoms with van der Waals surface area (Å²) in [6, 6.07) is 0.912. The highest BCUT2D eigenvalue weighted by Crippen LogP contribution is 2.25. The van der Waals surface area contributed by atoms with Crippen LogP contribution in [0.4, 0.5) is 0 Å². The first-order valence-electron chi connectivity index (χ1n) is 4.25. The van der Waals surface area contributed by atoms with Gasteiger partial charge in [-0.15, -0.1) is 0 Å². The molecule has 0 saturated carbocycles. The van der Waals surface area contributed by atoms with Crippen molar-refractivity contribution >= 4 is 0 Å². The largest absolute Gasteiger partial charge is 0.393 e. The van der Waals surface area contributed by atoms with E-state index in [4.69, 9.17) is 4.74 Å². The molecule has 0 amide bonds.